The van der Waals surface area contributed by atoms with Gasteiger partial charge in [-0.25, -0.2) is 0 Å². The van der Waals surface area contributed by atoms with E-state index in [0.29, 0.717) is 12.0 Å². The third kappa shape index (κ3) is 2.78. The molecule has 19 heavy (non-hydrogen) atoms. The van der Waals surface area contributed by atoms with Gasteiger partial charge in [0.25, 0.3) is 0 Å². The molecule has 2 aromatic rings. The van der Waals surface area contributed by atoms with E-state index in [1.54, 1.807) is 10.4 Å². The third-order valence-electron chi connectivity index (χ3n) is 3.96. The SMILES string of the molecule is CCCNC(c1cccs1)C1CCCc2sccc21. The highest BCUT2D eigenvalue weighted by atomic mass is 32.1. The van der Waals surface area contributed by atoms with Crippen molar-refractivity contribution < 1.29 is 0 Å². The van der Waals surface area contributed by atoms with E-state index in [9.17, 15) is 0 Å². The molecule has 0 amide bonds. The quantitative estimate of drug-likeness (QED) is 0.820. The standard InChI is InChI=1S/C16H21NS2/c1-2-9-17-16(15-7-4-10-18-15)13-5-3-6-14-12(13)8-11-19-14/h4,7-8,10-11,13,16-17H,2-3,5-6,9H2,1H3. The lowest BCUT2D eigenvalue weighted by Gasteiger charge is -2.31. The Balaban J connectivity index is 1.88. The van der Waals surface area contributed by atoms with E-state index in [-0.39, 0.29) is 0 Å². The molecule has 0 radical (unpaired) electrons. The van der Waals surface area contributed by atoms with Gasteiger partial charge < -0.3 is 5.32 Å². The molecule has 3 heteroatoms. The molecular weight excluding hydrogens is 270 g/mol. The van der Waals surface area contributed by atoms with E-state index in [1.165, 1.54) is 30.6 Å². The number of nitrogens with one attached hydrogen (secondary N) is 1. The summed E-state index contributed by atoms with van der Waals surface area (Å²) in [7, 11) is 0. The zero-order valence-electron chi connectivity index (χ0n) is 11.4. The van der Waals surface area contributed by atoms with Crippen LogP contribution in [0.3, 0.4) is 0 Å². The molecule has 2 heterocycles. The van der Waals surface area contributed by atoms with E-state index in [0.717, 1.165) is 6.54 Å². The summed E-state index contributed by atoms with van der Waals surface area (Å²) in [5.74, 6) is 0.667. The van der Waals surface area contributed by atoms with Crippen molar-refractivity contribution in [3.8, 4) is 0 Å². The lowest BCUT2D eigenvalue weighted by atomic mass is 9.82. The fourth-order valence-electron chi connectivity index (χ4n) is 3.08. The highest BCUT2D eigenvalue weighted by Crippen LogP contribution is 2.43. The lowest BCUT2D eigenvalue weighted by Crippen LogP contribution is -2.28. The summed E-state index contributed by atoms with van der Waals surface area (Å²) < 4.78 is 0. The fraction of sp³-hybridized carbons (Fsp3) is 0.500. The van der Waals surface area contributed by atoms with Gasteiger partial charge in [0.05, 0.1) is 0 Å². The number of fused-ring (bicyclic) bond motifs is 1. The Bertz CT molecular complexity index is 501. The van der Waals surface area contributed by atoms with Gasteiger partial charge in [-0.1, -0.05) is 13.0 Å². The first-order chi connectivity index (χ1) is 9.40. The van der Waals surface area contributed by atoms with Crippen molar-refractivity contribution in [1.82, 2.24) is 5.32 Å². The van der Waals surface area contributed by atoms with Gasteiger partial charge in [-0.15, -0.1) is 22.7 Å². The minimum absolute atomic E-state index is 0.508. The van der Waals surface area contributed by atoms with E-state index < -0.39 is 0 Å². The first-order valence-corrected chi connectivity index (χ1v) is 8.99. The molecule has 102 valence electrons. The van der Waals surface area contributed by atoms with Gasteiger partial charge >= 0.3 is 0 Å². The molecule has 0 spiro atoms. The second-order valence-corrected chi connectivity index (χ2v) is 7.22. The van der Waals surface area contributed by atoms with Crippen LogP contribution in [-0.2, 0) is 6.42 Å². The fourth-order valence-corrected chi connectivity index (χ4v) is 4.94. The zero-order valence-corrected chi connectivity index (χ0v) is 13.0. The highest BCUT2D eigenvalue weighted by Gasteiger charge is 2.29. The predicted octanol–water partition coefficient (Wildman–Crippen LogP) is 4.97. The van der Waals surface area contributed by atoms with E-state index in [2.05, 4.69) is 41.2 Å². The predicted molar refractivity (Wildman–Crippen MR) is 85.4 cm³/mol. The smallest absolute Gasteiger partial charge is 0.0484 e. The van der Waals surface area contributed by atoms with Crippen molar-refractivity contribution in [2.75, 3.05) is 6.54 Å². The van der Waals surface area contributed by atoms with Crippen LogP contribution in [0.4, 0.5) is 0 Å². The van der Waals surface area contributed by atoms with Crippen LogP contribution >= 0.6 is 22.7 Å². The van der Waals surface area contributed by atoms with Crippen molar-refractivity contribution >= 4 is 22.7 Å². The van der Waals surface area contributed by atoms with Crippen LogP contribution in [0, 0.1) is 0 Å². The third-order valence-corrected chi connectivity index (χ3v) is 5.92. The number of hydrogen-bond donors (Lipinski definition) is 1. The van der Waals surface area contributed by atoms with Crippen molar-refractivity contribution in [3.05, 3.63) is 44.3 Å². The summed E-state index contributed by atoms with van der Waals surface area (Å²) in [5, 5.41) is 8.26. The average molecular weight is 291 g/mol. The van der Waals surface area contributed by atoms with Crippen LogP contribution in [0.2, 0.25) is 0 Å². The van der Waals surface area contributed by atoms with Gasteiger partial charge in [-0.3, -0.25) is 0 Å². The lowest BCUT2D eigenvalue weighted by molar-refractivity contribution is 0.409. The first kappa shape index (κ1) is 13.3. The topological polar surface area (TPSA) is 12.0 Å². The van der Waals surface area contributed by atoms with Crippen LogP contribution in [-0.4, -0.2) is 6.54 Å². The van der Waals surface area contributed by atoms with Crippen molar-refractivity contribution in [2.45, 2.75) is 44.6 Å². The molecule has 0 fully saturated rings. The summed E-state index contributed by atoms with van der Waals surface area (Å²) in [6, 6.07) is 7.34. The normalized spacial score (nSPS) is 20.2. The Hall–Kier alpha value is -0.640. The van der Waals surface area contributed by atoms with E-state index in [4.69, 9.17) is 0 Å². The Morgan fingerprint density at radius 2 is 2.26 bits per heavy atom. The molecule has 2 aromatic heterocycles. The van der Waals surface area contributed by atoms with Crippen LogP contribution in [0.5, 0.6) is 0 Å². The van der Waals surface area contributed by atoms with Gasteiger partial charge in [0, 0.05) is 21.7 Å². The molecule has 1 N–H and O–H groups in total. The first-order valence-electron chi connectivity index (χ1n) is 7.23. The largest absolute Gasteiger partial charge is 0.309 e. The van der Waals surface area contributed by atoms with Crippen molar-refractivity contribution in [2.24, 2.45) is 0 Å². The monoisotopic (exact) mass is 291 g/mol. The molecule has 0 bridgehead atoms. The summed E-state index contributed by atoms with van der Waals surface area (Å²) in [4.78, 5) is 3.12. The number of rotatable bonds is 5. The van der Waals surface area contributed by atoms with Crippen molar-refractivity contribution in [1.29, 1.82) is 0 Å². The Morgan fingerprint density at radius 3 is 3.05 bits per heavy atom. The minimum atomic E-state index is 0.508. The molecule has 1 aliphatic carbocycles. The van der Waals surface area contributed by atoms with E-state index in [1.807, 2.05) is 22.7 Å². The van der Waals surface area contributed by atoms with Crippen LogP contribution in [0.25, 0.3) is 0 Å². The summed E-state index contributed by atoms with van der Waals surface area (Å²) in [6.07, 6.45) is 5.15. The van der Waals surface area contributed by atoms with Gasteiger partial charge in [0.2, 0.25) is 0 Å². The van der Waals surface area contributed by atoms with Gasteiger partial charge in [0.1, 0.15) is 0 Å². The molecule has 0 aromatic carbocycles. The molecular formula is C16H21NS2. The summed E-state index contributed by atoms with van der Waals surface area (Å²) in [5.41, 5.74) is 1.61. The Kier molecular flexibility index (Phi) is 4.36. The molecule has 0 saturated heterocycles. The maximum Gasteiger partial charge on any atom is 0.0484 e. The maximum atomic E-state index is 3.79. The highest BCUT2D eigenvalue weighted by molar-refractivity contribution is 7.10. The minimum Gasteiger partial charge on any atom is -0.309 e. The average Bonchev–Trinajstić information content (AvgIpc) is 3.10. The molecule has 2 unspecified atom stereocenters. The van der Waals surface area contributed by atoms with Gasteiger partial charge in [-0.05, 0) is 60.7 Å². The maximum absolute atomic E-state index is 3.79. The van der Waals surface area contributed by atoms with Crippen LogP contribution < -0.4 is 5.32 Å². The molecule has 2 atom stereocenters. The summed E-state index contributed by atoms with van der Waals surface area (Å²) in [6.45, 7) is 3.36. The number of hydrogen-bond acceptors (Lipinski definition) is 3. The second-order valence-electron chi connectivity index (χ2n) is 5.25. The second kappa shape index (κ2) is 6.21. The molecule has 0 aliphatic heterocycles. The Labute approximate surface area is 123 Å². The van der Waals surface area contributed by atoms with Gasteiger partial charge in [0.15, 0.2) is 0 Å². The van der Waals surface area contributed by atoms with Crippen molar-refractivity contribution in [3.63, 3.8) is 0 Å². The van der Waals surface area contributed by atoms with Crippen LogP contribution in [0.15, 0.2) is 29.0 Å². The molecule has 1 nitrogen and oxygen atoms in total. The molecule has 0 saturated carbocycles. The Morgan fingerprint density at radius 1 is 1.32 bits per heavy atom. The zero-order chi connectivity index (χ0) is 13.1. The van der Waals surface area contributed by atoms with Crippen LogP contribution in [0.1, 0.15) is 53.5 Å². The molecule has 3 rings (SSSR count). The molecule has 1 aliphatic rings. The summed E-state index contributed by atoms with van der Waals surface area (Å²) >= 11 is 3.84. The van der Waals surface area contributed by atoms with E-state index >= 15 is 0 Å². The van der Waals surface area contributed by atoms with Gasteiger partial charge in [-0.2, -0.15) is 0 Å². The number of thiophene rings is 2. The number of aryl methyl sites for hydroxylation is 1.